The Morgan fingerprint density at radius 1 is 1.50 bits per heavy atom. The van der Waals surface area contributed by atoms with E-state index in [1.165, 1.54) is 0 Å². The number of benzene rings is 1. The van der Waals surface area contributed by atoms with Gasteiger partial charge in [-0.1, -0.05) is 16.8 Å². The molecule has 5 nitrogen and oxygen atoms in total. The van der Waals surface area contributed by atoms with Crippen LogP contribution in [-0.4, -0.2) is 10.1 Å². The van der Waals surface area contributed by atoms with Crippen molar-refractivity contribution in [3.8, 4) is 5.75 Å². The van der Waals surface area contributed by atoms with E-state index in [2.05, 4.69) is 10.1 Å². The van der Waals surface area contributed by atoms with E-state index < -0.39 is 0 Å². The van der Waals surface area contributed by atoms with Crippen LogP contribution in [-0.2, 0) is 6.61 Å². The predicted molar refractivity (Wildman–Crippen MR) is 74.7 cm³/mol. The minimum atomic E-state index is -0.159. The molecule has 0 aliphatic heterocycles. The van der Waals surface area contributed by atoms with Gasteiger partial charge in [-0.15, -0.1) is 0 Å². The van der Waals surface area contributed by atoms with Crippen molar-refractivity contribution in [1.82, 2.24) is 10.1 Å². The fourth-order valence-corrected chi connectivity index (χ4v) is 2.16. The summed E-state index contributed by atoms with van der Waals surface area (Å²) in [7, 11) is 0. The Kier molecular flexibility index (Phi) is 3.63. The van der Waals surface area contributed by atoms with Gasteiger partial charge in [0.25, 0.3) is 5.89 Å². The van der Waals surface area contributed by atoms with Crippen molar-refractivity contribution in [3.05, 3.63) is 40.5 Å². The lowest BCUT2D eigenvalue weighted by atomic mass is 10.1. The summed E-state index contributed by atoms with van der Waals surface area (Å²) in [5, 5.41) is 4.59. The van der Waals surface area contributed by atoms with Gasteiger partial charge in [0.1, 0.15) is 5.75 Å². The van der Waals surface area contributed by atoms with Crippen molar-refractivity contribution < 1.29 is 9.26 Å². The average Bonchev–Trinajstić information content (AvgIpc) is 3.17. The molecule has 1 aliphatic carbocycles. The molecule has 1 heterocycles. The van der Waals surface area contributed by atoms with Gasteiger partial charge in [-0.25, -0.2) is 0 Å². The minimum absolute atomic E-state index is 0.159. The van der Waals surface area contributed by atoms with Gasteiger partial charge < -0.3 is 15.0 Å². The smallest absolute Gasteiger partial charge is 0.264 e. The SMILES string of the molecule is C[C@@H](N)c1cc(Cl)ccc1OCc1nc(C2CC2)no1. The zero-order chi connectivity index (χ0) is 14.1. The van der Waals surface area contributed by atoms with E-state index >= 15 is 0 Å². The van der Waals surface area contributed by atoms with Crippen molar-refractivity contribution in [1.29, 1.82) is 0 Å². The zero-order valence-electron chi connectivity index (χ0n) is 11.2. The van der Waals surface area contributed by atoms with Crippen molar-refractivity contribution in [3.63, 3.8) is 0 Å². The van der Waals surface area contributed by atoms with Crippen LogP contribution >= 0.6 is 11.6 Å². The molecule has 6 heteroatoms. The number of ether oxygens (including phenoxy) is 1. The number of nitrogens with zero attached hydrogens (tertiary/aromatic N) is 2. The first-order valence-electron chi connectivity index (χ1n) is 6.64. The van der Waals surface area contributed by atoms with E-state index in [0.29, 0.717) is 22.6 Å². The van der Waals surface area contributed by atoms with Gasteiger partial charge in [0.2, 0.25) is 0 Å². The Labute approximate surface area is 122 Å². The van der Waals surface area contributed by atoms with Crippen molar-refractivity contribution in [2.45, 2.75) is 38.3 Å². The third-order valence-corrected chi connectivity index (χ3v) is 3.47. The summed E-state index contributed by atoms with van der Waals surface area (Å²) in [4.78, 5) is 4.32. The number of aromatic nitrogens is 2. The molecule has 3 rings (SSSR count). The topological polar surface area (TPSA) is 74.2 Å². The summed E-state index contributed by atoms with van der Waals surface area (Å²) in [6.07, 6.45) is 2.29. The first-order valence-corrected chi connectivity index (χ1v) is 7.01. The number of rotatable bonds is 5. The van der Waals surface area contributed by atoms with Crippen LogP contribution in [0.3, 0.4) is 0 Å². The Hall–Kier alpha value is -1.59. The molecule has 106 valence electrons. The lowest BCUT2D eigenvalue weighted by Gasteiger charge is -2.13. The molecule has 2 N–H and O–H groups in total. The Balaban J connectivity index is 1.70. The second-order valence-corrected chi connectivity index (χ2v) is 5.52. The zero-order valence-corrected chi connectivity index (χ0v) is 11.9. The summed E-state index contributed by atoms with van der Waals surface area (Å²) < 4.78 is 10.9. The summed E-state index contributed by atoms with van der Waals surface area (Å²) >= 11 is 5.97. The van der Waals surface area contributed by atoms with Crippen molar-refractivity contribution >= 4 is 11.6 Å². The highest BCUT2D eigenvalue weighted by Crippen LogP contribution is 2.38. The fourth-order valence-electron chi connectivity index (χ4n) is 1.98. The molecule has 1 aromatic carbocycles. The maximum atomic E-state index is 5.97. The summed E-state index contributed by atoms with van der Waals surface area (Å²) in [5.41, 5.74) is 6.78. The molecular formula is C14H16ClN3O2. The highest BCUT2D eigenvalue weighted by molar-refractivity contribution is 6.30. The van der Waals surface area contributed by atoms with Crippen LogP contribution in [0, 0.1) is 0 Å². The molecule has 0 unspecified atom stereocenters. The van der Waals surface area contributed by atoms with E-state index in [4.69, 9.17) is 26.6 Å². The van der Waals surface area contributed by atoms with Gasteiger partial charge in [0.05, 0.1) is 0 Å². The molecule has 1 fully saturated rings. The van der Waals surface area contributed by atoms with Crippen LogP contribution in [0.2, 0.25) is 5.02 Å². The van der Waals surface area contributed by atoms with E-state index in [9.17, 15) is 0 Å². The standard InChI is InChI=1S/C14H16ClN3O2/c1-8(16)11-6-10(15)4-5-12(11)19-7-13-17-14(18-20-13)9-2-3-9/h4-6,8-9H,2-3,7,16H2,1H3/t8-/m1/s1. The lowest BCUT2D eigenvalue weighted by Crippen LogP contribution is -2.08. The average molecular weight is 294 g/mol. The molecule has 1 aromatic heterocycles. The fraction of sp³-hybridized carbons (Fsp3) is 0.429. The molecular weight excluding hydrogens is 278 g/mol. The first kappa shape index (κ1) is 13.4. The first-order chi connectivity index (χ1) is 9.63. The van der Waals surface area contributed by atoms with Crippen LogP contribution in [0.5, 0.6) is 5.75 Å². The molecule has 1 atom stereocenters. The molecule has 0 spiro atoms. The maximum Gasteiger partial charge on any atom is 0.264 e. The third-order valence-electron chi connectivity index (χ3n) is 3.24. The van der Waals surface area contributed by atoms with Gasteiger partial charge in [0, 0.05) is 22.5 Å². The highest BCUT2D eigenvalue weighted by Gasteiger charge is 2.28. The Bertz CT molecular complexity index is 608. The third kappa shape index (κ3) is 2.94. The number of hydrogen-bond donors (Lipinski definition) is 1. The maximum absolute atomic E-state index is 5.97. The molecule has 0 bridgehead atoms. The summed E-state index contributed by atoms with van der Waals surface area (Å²) in [6.45, 7) is 2.12. The summed E-state index contributed by atoms with van der Waals surface area (Å²) in [6, 6.07) is 5.23. The molecule has 20 heavy (non-hydrogen) atoms. The second kappa shape index (κ2) is 5.42. The molecule has 0 radical (unpaired) electrons. The van der Waals surface area contributed by atoms with E-state index in [-0.39, 0.29) is 12.6 Å². The van der Waals surface area contributed by atoms with Crippen molar-refractivity contribution in [2.75, 3.05) is 0 Å². The van der Waals surface area contributed by atoms with Gasteiger partial charge in [-0.05, 0) is 38.0 Å². The molecule has 1 saturated carbocycles. The van der Waals surface area contributed by atoms with E-state index in [1.54, 1.807) is 12.1 Å². The quantitative estimate of drug-likeness (QED) is 0.916. The lowest BCUT2D eigenvalue weighted by molar-refractivity contribution is 0.240. The number of nitrogens with two attached hydrogens (primary N) is 1. The van der Waals surface area contributed by atoms with Crippen LogP contribution in [0.4, 0.5) is 0 Å². The van der Waals surface area contributed by atoms with Crippen molar-refractivity contribution in [2.24, 2.45) is 5.73 Å². The van der Waals surface area contributed by atoms with Crippen LogP contribution < -0.4 is 10.5 Å². The molecule has 1 aliphatic rings. The molecule has 0 amide bonds. The van der Waals surface area contributed by atoms with Crippen LogP contribution in [0.1, 0.15) is 49.0 Å². The minimum Gasteiger partial charge on any atom is -0.483 e. The second-order valence-electron chi connectivity index (χ2n) is 5.08. The summed E-state index contributed by atoms with van der Waals surface area (Å²) in [5.74, 6) is 2.43. The van der Waals surface area contributed by atoms with E-state index in [0.717, 1.165) is 24.2 Å². The van der Waals surface area contributed by atoms with Gasteiger partial charge in [0.15, 0.2) is 12.4 Å². The highest BCUT2D eigenvalue weighted by atomic mass is 35.5. The van der Waals surface area contributed by atoms with Gasteiger partial charge in [-0.3, -0.25) is 0 Å². The normalized spacial score (nSPS) is 16.1. The Morgan fingerprint density at radius 3 is 3.00 bits per heavy atom. The van der Waals surface area contributed by atoms with Gasteiger partial charge in [-0.2, -0.15) is 4.98 Å². The number of halogens is 1. The van der Waals surface area contributed by atoms with Crippen LogP contribution in [0.25, 0.3) is 0 Å². The Morgan fingerprint density at radius 2 is 2.30 bits per heavy atom. The van der Waals surface area contributed by atoms with E-state index in [1.807, 2.05) is 13.0 Å². The number of hydrogen-bond acceptors (Lipinski definition) is 5. The monoisotopic (exact) mass is 293 g/mol. The molecule has 2 aromatic rings. The van der Waals surface area contributed by atoms with Gasteiger partial charge >= 0.3 is 0 Å². The van der Waals surface area contributed by atoms with Crippen LogP contribution in [0.15, 0.2) is 22.7 Å². The largest absolute Gasteiger partial charge is 0.483 e. The molecule has 0 saturated heterocycles. The predicted octanol–water partition coefficient (Wildman–Crippen LogP) is 3.20.